The third-order valence-corrected chi connectivity index (χ3v) is 7.36. The molecule has 0 aromatic rings. The molecule has 0 radical (unpaired) electrons. The summed E-state index contributed by atoms with van der Waals surface area (Å²) in [6.45, 7) is 9.80. The standard InChI is InChI=1S/C21H34N2O2/c1-20(2,3)18(24)14-22-4-6-23(7-5-22)19(25)21-11-15-8-16(12-21)10-17(9-15)13-21/h15-17H,4-14H2,1-3H3. The highest BCUT2D eigenvalue weighted by molar-refractivity contribution is 5.85. The van der Waals surface area contributed by atoms with Crippen LogP contribution < -0.4 is 0 Å². The molecule has 140 valence electrons. The van der Waals surface area contributed by atoms with Crippen LogP contribution in [0.3, 0.4) is 0 Å². The maximum atomic E-state index is 13.4. The minimum Gasteiger partial charge on any atom is -0.340 e. The zero-order valence-electron chi connectivity index (χ0n) is 16.2. The van der Waals surface area contributed by atoms with E-state index in [0.717, 1.165) is 63.2 Å². The first-order valence-electron chi connectivity index (χ1n) is 10.3. The Kier molecular flexibility index (Phi) is 4.25. The van der Waals surface area contributed by atoms with E-state index in [9.17, 15) is 9.59 Å². The van der Waals surface area contributed by atoms with Gasteiger partial charge in [0.25, 0.3) is 0 Å². The molecule has 0 aromatic heterocycles. The van der Waals surface area contributed by atoms with E-state index in [1.165, 1.54) is 19.3 Å². The van der Waals surface area contributed by atoms with Crippen LogP contribution >= 0.6 is 0 Å². The summed E-state index contributed by atoms with van der Waals surface area (Å²) in [6, 6.07) is 0. The van der Waals surface area contributed by atoms with Gasteiger partial charge < -0.3 is 4.90 Å². The molecule has 0 aromatic carbocycles. The summed E-state index contributed by atoms with van der Waals surface area (Å²) in [5, 5.41) is 0. The van der Waals surface area contributed by atoms with Gasteiger partial charge in [-0.15, -0.1) is 0 Å². The van der Waals surface area contributed by atoms with Gasteiger partial charge in [0.1, 0.15) is 0 Å². The van der Waals surface area contributed by atoms with Gasteiger partial charge >= 0.3 is 0 Å². The van der Waals surface area contributed by atoms with Crippen molar-refractivity contribution in [2.24, 2.45) is 28.6 Å². The number of hydrogen-bond acceptors (Lipinski definition) is 3. The number of nitrogens with zero attached hydrogens (tertiary/aromatic N) is 2. The number of piperazine rings is 1. The van der Waals surface area contributed by atoms with Gasteiger partial charge in [-0.25, -0.2) is 0 Å². The predicted octanol–water partition coefficient (Wildman–Crippen LogP) is 2.96. The smallest absolute Gasteiger partial charge is 0.228 e. The van der Waals surface area contributed by atoms with E-state index in [-0.39, 0.29) is 10.8 Å². The van der Waals surface area contributed by atoms with E-state index < -0.39 is 0 Å². The molecule has 4 saturated carbocycles. The summed E-state index contributed by atoms with van der Waals surface area (Å²) >= 11 is 0. The average Bonchev–Trinajstić information content (AvgIpc) is 2.52. The largest absolute Gasteiger partial charge is 0.340 e. The monoisotopic (exact) mass is 346 g/mol. The van der Waals surface area contributed by atoms with E-state index in [4.69, 9.17) is 0 Å². The first-order valence-corrected chi connectivity index (χ1v) is 10.3. The summed E-state index contributed by atoms with van der Waals surface area (Å²) in [7, 11) is 0. The highest BCUT2D eigenvalue weighted by Crippen LogP contribution is 2.60. The molecule has 4 aliphatic carbocycles. The molecule has 0 N–H and O–H groups in total. The molecule has 0 atom stereocenters. The van der Waals surface area contributed by atoms with Crippen LogP contribution in [-0.2, 0) is 9.59 Å². The Hall–Kier alpha value is -0.900. The topological polar surface area (TPSA) is 40.6 Å². The second-order valence-electron chi connectivity index (χ2n) is 10.4. The van der Waals surface area contributed by atoms with Crippen LogP contribution in [0, 0.1) is 28.6 Å². The summed E-state index contributed by atoms with van der Waals surface area (Å²) < 4.78 is 0. The highest BCUT2D eigenvalue weighted by atomic mass is 16.2. The van der Waals surface area contributed by atoms with Crippen LogP contribution in [0.5, 0.6) is 0 Å². The lowest BCUT2D eigenvalue weighted by atomic mass is 9.49. The fourth-order valence-electron chi connectivity index (χ4n) is 6.26. The van der Waals surface area contributed by atoms with Crippen molar-refractivity contribution in [3.05, 3.63) is 0 Å². The van der Waals surface area contributed by atoms with Crippen molar-refractivity contribution in [1.82, 2.24) is 9.80 Å². The van der Waals surface area contributed by atoms with Crippen LogP contribution in [0.1, 0.15) is 59.3 Å². The van der Waals surface area contributed by atoms with Crippen LogP contribution in [0.15, 0.2) is 0 Å². The lowest BCUT2D eigenvalue weighted by Crippen LogP contribution is -2.58. The van der Waals surface area contributed by atoms with Crippen molar-refractivity contribution in [2.45, 2.75) is 59.3 Å². The maximum absolute atomic E-state index is 13.4. The molecule has 5 aliphatic rings. The highest BCUT2D eigenvalue weighted by Gasteiger charge is 2.55. The van der Waals surface area contributed by atoms with Gasteiger partial charge in [0.2, 0.25) is 5.91 Å². The van der Waals surface area contributed by atoms with Crippen molar-refractivity contribution < 1.29 is 9.59 Å². The Morgan fingerprint density at radius 3 is 1.80 bits per heavy atom. The number of amides is 1. The summed E-state index contributed by atoms with van der Waals surface area (Å²) in [4.78, 5) is 30.0. The lowest BCUT2D eigenvalue weighted by Gasteiger charge is -2.57. The lowest BCUT2D eigenvalue weighted by molar-refractivity contribution is -0.159. The predicted molar refractivity (Wildman–Crippen MR) is 98.1 cm³/mol. The fourth-order valence-corrected chi connectivity index (χ4v) is 6.26. The Balaban J connectivity index is 1.35. The Morgan fingerprint density at radius 2 is 1.36 bits per heavy atom. The van der Waals surface area contributed by atoms with Gasteiger partial charge in [0.05, 0.1) is 12.0 Å². The summed E-state index contributed by atoms with van der Waals surface area (Å²) in [5.41, 5.74) is -0.287. The molecule has 5 fully saturated rings. The molecule has 4 nitrogen and oxygen atoms in total. The molecule has 1 heterocycles. The molecule has 25 heavy (non-hydrogen) atoms. The summed E-state index contributed by atoms with van der Waals surface area (Å²) in [5.74, 6) is 3.21. The maximum Gasteiger partial charge on any atom is 0.228 e. The number of rotatable bonds is 3. The number of carbonyl (C=O) groups is 2. The quantitative estimate of drug-likeness (QED) is 0.789. The number of ketones is 1. The van der Waals surface area contributed by atoms with Crippen LogP contribution in [0.25, 0.3) is 0 Å². The summed E-state index contributed by atoms with van der Waals surface area (Å²) in [6.07, 6.45) is 7.61. The average molecular weight is 347 g/mol. The molecule has 5 rings (SSSR count). The minimum absolute atomic E-state index is 0.0157. The third kappa shape index (κ3) is 3.27. The molecule has 4 bridgehead atoms. The van der Waals surface area contributed by atoms with E-state index in [1.54, 1.807) is 0 Å². The third-order valence-electron chi connectivity index (χ3n) is 7.36. The van der Waals surface area contributed by atoms with E-state index in [2.05, 4.69) is 9.80 Å². The molecule has 0 unspecified atom stereocenters. The Morgan fingerprint density at radius 1 is 0.880 bits per heavy atom. The molecule has 4 heteroatoms. The second kappa shape index (κ2) is 6.07. The minimum atomic E-state index is -0.272. The van der Waals surface area contributed by atoms with Crippen molar-refractivity contribution in [2.75, 3.05) is 32.7 Å². The van der Waals surface area contributed by atoms with E-state index >= 15 is 0 Å². The van der Waals surface area contributed by atoms with Gasteiger partial charge in [-0.3, -0.25) is 14.5 Å². The zero-order chi connectivity index (χ0) is 17.8. The van der Waals surface area contributed by atoms with Crippen LogP contribution in [0.2, 0.25) is 0 Å². The second-order valence-corrected chi connectivity index (χ2v) is 10.4. The van der Waals surface area contributed by atoms with Crippen molar-refractivity contribution in [3.8, 4) is 0 Å². The molecule has 1 saturated heterocycles. The number of Topliss-reactive ketones (excluding diaryl/α,β-unsaturated/α-hetero) is 1. The SMILES string of the molecule is CC(C)(C)C(=O)CN1CCN(C(=O)C23CC4CC(CC(C4)C2)C3)CC1. The number of hydrogen-bond donors (Lipinski definition) is 0. The Bertz CT molecular complexity index is 519. The van der Waals surface area contributed by atoms with Gasteiger partial charge in [-0.1, -0.05) is 20.8 Å². The fraction of sp³-hybridized carbons (Fsp3) is 0.905. The zero-order valence-corrected chi connectivity index (χ0v) is 16.2. The number of carbonyl (C=O) groups excluding carboxylic acids is 2. The van der Waals surface area contributed by atoms with Gasteiger partial charge in [0, 0.05) is 31.6 Å². The van der Waals surface area contributed by atoms with Crippen molar-refractivity contribution >= 4 is 11.7 Å². The Labute approximate surface area is 152 Å². The van der Waals surface area contributed by atoms with Gasteiger partial charge in [-0.2, -0.15) is 0 Å². The van der Waals surface area contributed by atoms with Crippen LogP contribution in [-0.4, -0.2) is 54.2 Å². The van der Waals surface area contributed by atoms with E-state index in [1.807, 2.05) is 20.8 Å². The molecular formula is C21H34N2O2. The van der Waals surface area contributed by atoms with Gasteiger partial charge in [0.15, 0.2) is 5.78 Å². The van der Waals surface area contributed by atoms with Crippen LogP contribution in [0.4, 0.5) is 0 Å². The van der Waals surface area contributed by atoms with E-state index in [0.29, 0.717) is 18.2 Å². The molecule has 1 aliphatic heterocycles. The first kappa shape index (κ1) is 17.5. The van der Waals surface area contributed by atoms with Gasteiger partial charge in [-0.05, 0) is 56.3 Å². The molecule has 1 amide bonds. The first-order chi connectivity index (χ1) is 11.7. The normalized spacial score (nSPS) is 38.2. The van der Waals surface area contributed by atoms with Crippen molar-refractivity contribution in [1.29, 1.82) is 0 Å². The molecule has 0 spiro atoms. The molecular weight excluding hydrogens is 312 g/mol. The van der Waals surface area contributed by atoms with Crippen molar-refractivity contribution in [3.63, 3.8) is 0 Å².